The monoisotopic (exact) mass is 1480 g/mol. The van der Waals surface area contributed by atoms with Crippen molar-refractivity contribution in [2.75, 3.05) is 56.2 Å². The van der Waals surface area contributed by atoms with Crippen molar-refractivity contribution in [2.24, 2.45) is 17.1 Å². The Bertz CT molecular complexity index is 4060. The minimum atomic E-state index is -4.60. The number of thiol groups is 1. The van der Waals surface area contributed by atoms with Crippen molar-refractivity contribution < 1.29 is 94.0 Å². The lowest BCUT2D eigenvalue weighted by Gasteiger charge is -2.30. The largest absolute Gasteiger partial charge is 0.508 e. The summed E-state index contributed by atoms with van der Waals surface area (Å²) in [7, 11) is 0. The van der Waals surface area contributed by atoms with Crippen molar-refractivity contribution in [1.82, 2.24) is 80.6 Å². The van der Waals surface area contributed by atoms with Gasteiger partial charge < -0.3 is 82.2 Å². The number of halogens is 1. The van der Waals surface area contributed by atoms with Gasteiger partial charge in [0.2, 0.25) is 23.6 Å². The van der Waals surface area contributed by atoms with Crippen LogP contribution >= 0.6 is 25.8 Å². The minimum absolute atomic E-state index is 0.000832. The van der Waals surface area contributed by atoms with E-state index in [1.54, 1.807) is 39.8 Å². The quantitative estimate of drug-likeness (QED) is 0.0152. The second-order valence-electron chi connectivity index (χ2n) is 24.3. The maximum Gasteiger partial charge on any atom is 0.508 e. The van der Waals surface area contributed by atoms with E-state index in [2.05, 4.69) is 84.4 Å². The third kappa shape index (κ3) is 20.3. The smallest absolute Gasteiger partial charge is 0.445 e. The molecule has 0 aliphatic carbocycles. The van der Waals surface area contributed by atoms with Crippen LogP contribution in [0.2, 0.25) is 0 Å². The lowest BCUT2D eigenvalue weighted by molar-refractivity contribution is -0.132. The number of urea groups is 1. The number of fused-ring (bicyclic) bond motifs is 4. The second kappa shape index (κ2) is 33.2. The summed E-state index contributed by atoms with van der Waals surface area (Å²) < 4.78 is 86.8. The number of carbonyl (C=O) groups is 8. The summed E-state index contributed by atoms with van der Waals surface area (Å²) in [6, 6.07) is 3.13. The van der Waals surface area contributed by atoms with Crippen LogP contribution in [0.1, 0.15) is 84.0 Å². The molecule has 542 valence electrons. The molecule has 12 atom stereocenters. The van der Waals surface area contributed by atoms with E-state index in [4.69, 9.17) is 70.8 Å². The van der Waals surface area contributed by atoms with Crippen LogP contribution in [0.25, 0.3) is 22.3 Å². The number of carbonyl (C=O) groups excluding carboxylic acids is 8. The van der Waals surface area contributed by atoms with Gasteiger partial charge in [-0.2, -0.15) is 0 Å². The van der Waals surface area contributed by atoms with Gasteiger partial charge in [-0.05, 0) is 55.2 Å². The molecule has 0 radical (unpaired) electrons. The van der Waals surface area contributed by atoms with Crippen molar-refractivity contribution in [1.29, 1.82) is 0 Å². The number of nitrogens with two attached hydrogens (primary N) is 3. The third-order valence-electron chi connectivity index (χ3n) is 15.5. The Kier molecular flexibility index (Phi) is 25.1. The number of Topliss-reactive ketones (excluding diaryl/α,β-unsaturated/α-hetero) is 1. The van der Waals surface area contributed by atoms with Crippen molar-refractivity contribution in [3.8, 4) is 0 Å². The molecule has 7 amide bonds. The van der Waals surface area contributed by atoms with Crippen molar-refractivity contribution in [3.05, 3.63) is 67.0 Å². The summed E-state index contributed by atoms with van der Waals surface area (Å²) in [5.41, 5.74) is 17.9. The molecule has 3 saturated heterocycles. The molecular formula is C56H75FN20O19P2S2. The number of imidazole rings is 2. The molecule has 0 bridgehead atoms. The van der Waals surface area contributed by atoms with E-state index in [1.165, 1.54) is 51.7 Å². The van der Waals surface area contributed by atoms with Crippen molar-refractivity contribution in [2.45, 2.75) is 141 Å². The molecule has 0 spiro atoms. The highest BCUT2D eigenvalue weighted by atomic mass is 32.7. The Morgan fingerprint density at radius 1 is 0.820 bits per heavy atom. The number of amides is 7. The van der Waals surface area contributed by atoms with Crippen LogP contribution in [0, 0.1) is 11.3 Å². The highest BCUT2D eigenvalue weighted by Gasteiger charge is 2.55. The highest BCUT2D eigenvalue weighted by molar-refractivity contribution is 8.44. The van der Waals surface area contributed by atoms with Crippen molar-refractivity contribution in [3.63, 3.8) is 0 Å². The van der Waals surface area contributed by atoms with Crippen LogP contribution in [-0.4, -0.2) is 195 Å². The van der Waals surface area contributed by atoms with Crippen LogP contribution < -0.4 is 49.1 Å². The Morgan fingerprint density at radius 3 is 2.13 bits per heavy atom. The number of ketones is 1. The molecule has 9 rings (SSSR count). The molecule has 3 aliphatic heterocycles. The number of hydrogen-bond acceptors (Lipinski definition) is 29. The summed E-state index contributed by atoms with van der Waals surface area (Å²) in [6.45, 7) is -3.27. The number of primary amides is 1. The molecule has 5 aromatic heterocycles. The first kappa shape index (κ1) is 75.5. The number of alkyl carbamates (subject to hydrolysis) is 1. The van der Waals surface area contributed by atoms with E-state index in [9.17, 15) is 47.8 Å². The van der Waals surface area contributed by atoms with Crippen LogP contribution in [0.15, 0.2) is 55.8 Å². The highest BCUT2D eigenvalue weighted by Crippen LogP contribution is 2.59. The minimum Gasteiger partial charge on any atom is -0.445 e. The topological polar surface area (TPSA) is 525 Å². The van der Waals surface area contributed by atoms with Gasteiger partial charge in [-0.1, -0.05) is 57.3 Å². The van der Waals surface area contributed by atoms with Crippen LogP contribution in [-0.2, 0) is 102 Å². The second-order valence-corrected chi connectivity index (χ2v) is 30.0. The molecule has 1 aromatic carbocycles. The van der Waals surface area contributed by atoms with Crippen LogP contribution in [0.3, 0.4) is 0 Å². The Balaban J connectivity index is 0.773. The maximum absolute atomic E-state index is 16.5. The fourth-order valence-corrected chi connectivity index (χ4v) is 13.3. The number of ether oxygens (including phenoxy) is 5. The summed E-state index contributed by atoms with van der Waals surface area (Å²) in [5, 5.41) is 23.8. The summed E-state index contributed by atoms with van der Waals surface area (Å²) in [5.74, 6) is -2.73. The average Bonchev–Trinajstić information content (AvgIpc) is 1.61. The van der Waals surface area contributed by atoms with E-state index in [1.807, 2.05) is 0 Å². The van der Waals surface area contributed by atoms with Crippen molar-refractivity contribution >= 4 is 125 Å². The van der Waals surface area contributed by atoms with Gasteiger partial charge in [0.25, 0.3) is 0 Å². The number of anilines is 3. The van der Waals surface area contributed by atoms with E-state index in [-0.39, 0.29) is 111 Å². The zero-order valence-electron chi connectivity index (χ0n) is 54.3. The molecule has 13 N–H and O–H groups in total. The van der Waals surface area contributed by atoms with E-state index < -0.39 is 142 Å². The summed E-state index contributed by atoms with van der Waals surface area (Å²) in [4.78, 5) is 139. The summed E-state index contributed by atoms with van der Waals surface area (Å²) in [6.07, 6.45) is -8.30. The third-order valence-corrected chi connectivity index (χ3v) is 18.6. The standard InChI is InChI=1S/C56H75FN20O19P2S2/c1-28(2)39(72-37(80)18-75-17-32(73-74-75)12-13-36(79)61-16-14-29(3)78)50(82)71-33(7-6-15-62-53(60)83)49(81)70-31-10-8-30(9-11-31)19-88-54(84)63-22-56(4,5)23-89-55(85)94-44-43-35(93-52(44)77-27-69-41-46(59)65-25-67-48(41)77)21-91-97(86,99)95-42-34(20-90-98(87,100)96-43)92-51(38(42)57)76-26-68-40-45(58)64-24-66-47(40)76/h8-11,17,24-28,33-35,38-39,42-44,51-52H,6-7,12-16,18-23H2,1-5H3,(H,61,79)(H,63,84)(H,70,81)(H,71,82)(H,72,80)(H,86,99)(H,87,100)(H2,58,64,66)(H2,59,65,67)(H3,60,62,83)/t33-,34+,35?,38+,39-,42+,43+,44+,51+,52+,97?,98?/m0/s1. The number of aryl methyl sites for hydroxylation is 1. The number of rotatable bonds is 27. The molecule has 44 heteroatoms. The predicted molar refractivity (Wildman–Crippen MR) is 352 cm³/mol. The SMILES string of the molecule is CC(=O)CCNC(=O)CCc1cn(CC(=O)N[C@H](C(=O)N[C@@H](CCCNC(N)=O)C(=O)Nc2ccc(COC(=O)NCC(C)(C)COC(=O)O[C@@H]3[C@@H]4OP(O)(=S)OC[C@H]5O[C@@H](n6cnc7c(N)ncnc76)[C@H](F)[C@@H]5OP(=O)(S)OCC4O[C@H]3n3cnc4c(N)ncnc43)cc2)C(C)C)nn1. The van der Waals surface area contributed by atoms with E-state index in [0.717, 1.165) is 12.7 Å². The van der Waals surface area contributed by atoms with Crippen LogP contribution in [0.4, 0.5) is 36.1 Å². The van der Waals surface area contributed by atoms with Gasteiger partial charge in [0.05, 0.1) is 31.6 Å². The number of benzene rings is 1. The number of alkyl halides is 1. The molecule has 3 aliphatic rings. The molecular weight excluding hydrogens is 1400 g/mol. The Morgan fingerprint density at radius 2 is 1.47 bits per heavy atom. The summed E-state index contributed by atoms with van der Waals surface area (Å²) >= 11 is 9.60. The van der Waals surface area contributed by atoms with Gasteiger partial charge in [-0.3, -0.25) is 46.7 Å². The van der Waals surface area contributed by atoms with Gasteiger partial charge in [0, 0.05) is 56.2 Å². The van der Waals surface area contributed by atoms with E-state index in [0.29, 0.717) is 16.9 Å². The van der Waals surface area contributed by atoms with E-state index >= 15 is 4.39 Å². The Hall–Kier alpha value is -8.70. The maximum atomic E-state index is 16.5. The number of aromatic nitrogens is 11. The van der Waals surface area contributed by atoms with Crippen LogP contribution in [0.5, 0.6) is 0 Å². The van der Waals surface area contributed by atoms with Gasteiger partial charge in [0.15, 0.2) is 47.7 Å². The van der Waals surface area contributed by atoms with Gasteiger partial charge >= 0.3 is 31.8 Å². The first-order valence-corrected chi connectivity index (χ1v) is 36.2. The lowest BCUT2D eigenvalue weighted by atomic mass is 9.95. The molecule has 8 heterocycles. The zero-order chi connectivity index (χ0) is 72.2. The molecule has 39 nitrogen and oxygen atoms in total. The fourth-order valence-electron chi connectivity index (χ4n) is 10.4. The first-order valence-electron chi connectivity index (χ1n) is 31.0. The number of nitrogen functional groups attached to an aromatic ring is 2. The Labute approximate surface area is 578 Å². The first-order chi connectivity index (χ1) is 47.4. The van der Waals surface area contributed by atoms with Gasteiger partial charge in [-0.25, -0.2) is 57.9 Å². The lowest BCUT2D eigenvalue weighted by Crippen LogP contribution is -2.55. The molecule has 3 unspecified atom stereocenters. The molecule has 0 saturated carbocycles. The van der Waals surface area contributed by atoms with Gasteiger partial charge in [0.1, 0.15) is 85.7 Å². The zero-order valence-corrected chi connectivity index (χ0v) is 57.8. The molecule has 100 heavy (non-hydrogen) atoms. The van der Waals surface area contributed by atoms with Gasteiger partial charge in [-0.15, -0.1) is 5.10 Å². The number of nitrogens with one attached hydrogen (secondary N) is 6. The molecule has 6 aromatic rings. The predicted octanol–water partition coefficient (Wildman–Crippen LogP) is 1.84. The number of hydrogen-bond donors (Lipinski definition) is 11. The molecule has 3 fully saturated rings. The number of nitrogens with zero attached hydrogens (tertiary/aromatic N) is 11. The normalized spacial score (nSPS) is 23.7. The average molecular weight is 1480 g/mol. The fraction of sp³-hybridized carbons (Fsp3) is 0.536.